The molecule has 0 radical (unpaired) electrons. The van der Waals surface area contributed by atoms with Crippen LogP contribution in [0.1, 0.15) is 43.7 Å². The summed E-state index contributed by atoms with van der Waals surface area (Å²) in [7, 11) is 3.52. The van der Waals surface area contributed by atoms with Crippen LogP contribution in [0.15, 0.2) is 29.3 Å². The second kappa shape index (κ2) is 13.8. The molecule has 0 aliphatic carbocycles. The predicted molar refractivity (Wildman–Crippen MR) is 127 cm³/mol. The Hall–Kier alpha value is -1.35. The summed E-state index contributed by atoms with van der Waals surface area (Å²) in [6.07, 6.45) is 4.84. The second-order valence-electron chi connectivity index (χ2n) is 7.39. The van der Waals surface area contributed by atoms with Gasteiger partial charge in [-0.2, -0.15) is 0 Å². The number of rotatable bonds is 9. The SMILES string of the molecule is CCCCNC(=NCc1ccc(CN2CCCC2)cc1)NCC(=O)N(C)C.I. The molecular formula is C21H36IN5O. The fourth-order valence-electron chi connectivity index (χ4n) is 2.99. The van der Waals surface area contributed by atoms with Gasteiger partial charge >= 0.3 is 0 Å². The fourth-order valence-corrected chi connectivity index (χ4v) is 2.99. The molecule has 7 heteroatoms. The van der Waals surface area contributed by atoms with Crippen LogP contribution in [0.25, 0.3) is 0 Å². The van der Waals surface area contributed by atoms with Crippen LogP contribution in [0, 0.1) is 0 Å². The molecular weight excluding hydrogens is 465 g/mol. The van der Waals surface area contributed by atoms with Crippen LogP contribution in [0.5, 0.6) is 0 Å². The number of guanidine groups is 1. The Morgan fingerprint density at radius 1 is 1.11 bits per heavy atom. The number of likely N-dealkylation sites (N-methyl/N-ethyl adjacent to an activating group) is 1. The van der Waals surface area contributed by atoms with E-state index in [1.54, 1.807) is 19.0 Å². The van der Waals surface area contributed by atoms with Crippen molar-refractivity contribution < 1.29 is 4.79 Å². The van der Waals surface area contributed by atoms with Crippen molar-refractivity contribution in [2.24, 2.45) is 4.99 Å². The smallest absolute Gasteiger partial charge is 0.241 e. The van der Waals surface area contributed by atoms with Gasteiger partial charge in [-0.1, -0.05) is 37.6 Å². The van der Waals surface area contributed by atoms with Crippen molar-refractivity contribution in [3.05, 3.63) is 35.4 Å². The molecule has 0 unspecified atom stereocenters. The first-order chi connectivity index (χ1) is 13.1. The number of likely N-dealkylation sites (tertiary alicyclic amines) is 1. The van der Waals surface area contributed by atoms with Crippen LogP contribution in [0.3, 0.4) is 0 Å². The zero-order valence-corrected chi connectivity index (χ0v) is 19.9. The third kappa shape index (κ3) is 9.23. The monoisotopic (exact) mass is 501 g/mol. The number of amides is 1. The van der Waals surface area contributed by atoms with E-state index < -0.39 is 0 Å². The molecule has 1 fully saturated rings. The third-order valence-electron chi connectivity index (χ3n) is 4.78. The molecule has 1 amide bonds. The van der Waals surface area contributed by atoms with Crippen LogP contribution < -0.4 is 10.6 Å². The Morgan fingerprint density at radius 3 is 2.36 bits per heavy atom. The number of carbonyl (C=O) groups is 1. The molecule has 1 aliphatic heterocycles. The molecule has 2 N–H and O–H groups in total. The molecule has 1 heterocycles. The number of halogens is 1. The first kappa shape index (κ1) is 24.7. The first-order valence-corrected chi connectivity index (χ1v) is 10.1. The number of aliphatic imine (C=N–C) groups is 1. The number of hydrogen-bond acceptors (Lipinski definition) is 3. The lowest BCUT2D eigenvalue weighted by atomic mass is 10.1. The van der Waals surface area contributed by atoms with Crippen molar-refractivity contribution in [2.45, 2.75) is 45.7 Å². The third-order valence-corrected chi connectivity index (χ3v) is 4.78. The second-order valence-corrected chi connectivity index (χ2v) is 7.39. The summed E-state index contributed by atoms with van der Waals surface area (Å²) in [5.74, 6) is 0.728. The van der Waals surface area contributed by atoms with E-state index in [2.05, 4.69) is 51.7 Å². The lowest BCUT2D eigenvalue weighted by Gasteiger charge is -2.15. The molecule has 1 aromatic rings. The minimum atomic E-state index is 0. The maximum atomic E-state index is 11.8. The van der Waals surface area contributed by atoms with Crippen molar-refractivity contribution >= 4 is 35.8 Å². The number of hydrogen-bond donors (Lipinski definition) is 2. The highest BCUT2D eigenvalue weighted by atomic mass is 127. The van der Waals surface area contributed by atoms with Crippen molar-refractivity contribution in [3.63, 3.8) is 0 Å². The quantitative estimate of drug-likeness (QED) is 0.237. The van der Waals surface area contributed by atoms with Gasteiger partial charge in [0.1, 0.15) is 0 Å². The van der Waals surface area contributed by atoms with E-state index in [-0.39, 0.29) is 36.4 Å². The molecule has 1 aliphatic rings. The molecule has 0 atom stereocenters. The van der Waals surface area contributed by atoms with Gasteiger partial charge in [0.25, 0.3) is 0 Å². The van der Waals surface area contributed by atoms with E-state index in [4.69, 9.17) is 0 Å². The lowest BCUT2D eigenvalue weighted by molar-refractivity contribution is -0.127. The minimum absolute atomic E-state index is 0. The Morgan fingerprint density at radius 2 is 1.75 bits per heavy atom. The average molecular weight is 501 g/mol. The summed E-state index contributed by atoms with van der Waals surface area (Å²) in [4.78, 5) is 20.5. The van der Waals surface area contributed by atoms with Crippen LogP contribution in [0.4, 0.5) is 0 Å². The maximum absolute atomic E-state index is 11.8. The summed E-state index contributed by atoms with van der Waals surface area (Å²) in [6.45, 7) is 7.34. The van der Waals surface area contributed by atoms with Crippen molar-refractivity contribution in [1.82, 2.24) is 20.4 Å². The Bertz CT molecular complexity index is 597. The standard InChI is InChI=1S/C21H35N5O.HI/c1-4-5-12-22-21(24-16-20(27)25(2)3)23-15-18-8-10-19(11-9-18)17-26-13-6-7-14-26;/h8-11H,4-7,12-17H2,1-3H3,(H2,22,23,24);1H. The first-order valence-electron chi connectivity index (χ1n) is 10.1. The van der Waals surface area contributed by atoms with Gasteiger partial charge < -0.3 is 15.5 Å². The number of unbranched alkanes of at least 4 members (excludes halogenated alkanes) is 1. The highest BCUT2D eigenvalue weighted by molar-refractivity contribution is 14.0. The van der Waals surface area contributed by atoms with E-state index in [0.717, 1.165) is 25.9 Å². The molecule has 1 saturated heterocycles. The molecule has 28 heavy (non-hydrogen) atoms. The highest BCUT2D eigenvalue weighted by Gasteiger charge is 2.11. The van der Waals surface area contributed by atoms with Gasteiger partial charge in [0, 0.05) is 27.2 Å². The molecule has 2 rings (SSSR count). The molecule has 0 spiro atoms. The molecule has 0 saturated carbocycles. The van der Waals surface area contributed by atoms with E-state index in [9.17, 15) is 4.79 Å². The van der Waals surface area contributed by atoms with Gasteiger partial charge in [0.2, 0.25) is 5.91 Å². The van der Waals surface area contributed by atoms with Gasteiger partial charge in [-0.05, 0) is 43.5 Å². The average Bonchev–Trinajstić information content (AvgIpc) is 3.17. The Balaban J connectivity index is 0.00000392. The van der Waals surface area contributed by atoms with Crippen LogP contribution >= 0.6 is 24.0 Å². The number of benzene rings is 1. The highest BCUT2D eigenvalue weighted by Crippen LogP contribution is 2.13. The van der Waals surface area contributed by atoms with Crippen molar-refractivity contribution in [3.8, 4) is 0 Å². The minimum Gasteiger partial charge on any atom is -0.356 e. The van der Waals surface area contributed by atoms with Gasteiger partial charge in [-0.3, -0.25) is 9.69 Å². The molecule has 1 aromatic carbocycles. The van der Waals surface area contributed by atoms with Gasteiger partial charge in [-0.15, -0.1) is 24.0 Å². The van der Waals surface area contributed by atoms with Gasteiger partial charge in [0.15, 0.2) is 5.96 Å². The Labute approximate surface area is 187 Å². The summed E-state index contributed by atoms with van der Waals surface area (Å²) >= 11 is 0. The zero-order chi connectivity index (χ0) is 19.5. The molecule has 6 nitrogen and oxygen atoms in total. The van der Waals surface area contributed by atoms with E-state index in [1.165, 1.54) is 37.1 Å². The molecule has 0 aromatic heterocycles. The topological polar surface area (TPSA) is 60.0 Å². The van der Waals surface area contributed by atoms with E-state index >= 15 is 0 Å². The predicted octanol–water partition coefficient (Wildman–Crippen LogP) is 2.82. The summed E-state index contributed by atoms with van der Waals surface area (Å²) in [6, 6.07) is 8.72. The zero-order valence-electron chi connectivity index (χ0n) is 17.5. The number of carbonyl (C=O) groups excluding carboxylic acids is 1. The number of nitrogens with one attached hydrogen (secondary N) is 2. The van der Waals surface area contributed by atoms with Crippen molar-refractivity contribution in [1.29, 1.82) is 0 Å². The largest absolute Gasteiger partial charge is 0.356 e. The molecule has 0 bridgehead atoms. The van der Waals surface area contributed by atoms with E-state index in [0.29, 0.717) is 12.5 Å². The van der Waals surface area contributed by atoms with Crippen LogP contribution in [0.2, 0.25) is 0 Å². The van der Waals surface area contributed by atoms with Crippen LogP contribution in [-0.2, 0) is 17.9 Å². The van der Waals surface area contributed by atoms with Gasteiger partial charge in [0.05, 0.1) is 13.1 Å². The number of nitrogens with zero attached hydrogens (tertiary/aromatic N) is 3. The molecule has 158 valence electrons. The van der Waals surface area contributed by atoms with Crippen molar-refractivity contribution in [2.75, 3.05) is 40.3 Å². The summed E-state index contributed by atoms with van der Waals surface area (Å²) in [5, 5.41) is 6.44. The van der Waals surface area contributed by atoms with Crippen LogP contribution in [-0.4, -0.2) is 61.9 Å². The summed E-state index contributed by atoms with van der Waals surface area (Å²) in [5.41, 5.74) is 2.54. The summed E-state index contributed by atoms with van der Waals surface area (Å²) < 4.78 is 0. The Kier molecular flexibility index (Phi) is 12.1. The van der Waals surface area contributed by atoms with E-state index in [1.807, 2.05) is 0 Å². The maximum Gasteiger partial charge on any atom is 0.241 e. The fraction of sp³-hybridized carbons (Fsp3) is 0.619. The van der Waals surface area contributed by atoms with Gasteiger partial charge in [-0.25, -0.2) is 4.99 Å². The lowest BCUT2D eigenvalue weighted by Crippen LogP contribution is -2.43. The normalized spacial score (nSPS) is 14.5.